The molecule has 0 fully saturated rings. The van der Waals surface area contributed by atoms with Crippen molar-refractivity contribution < 1.29 is 8.91 Å². The van der Waals surface area contributed by atoms with Crippen LogP contribution in [-0.2, 0) is 6.54 Å². The number of hydrogen-bond acceptors (Lipinski definition) is 7. The summed E-state index contributed by atoms with van der Waals surface area (Å²) in [6.07, 6.45) is 0. The molecule has 0 saturated carbocycles. The summed E-state index contributed by atoms with van der Waals surface area (Å²) in [6, 6.07) is 7.80. The maximum atomic E-state index is 12.9. The van der Waals surface area contributed by atoms with Crippen LogP contribution in [0.3, 0.4) is 0 Å². The van der Waals surface area contributed by atoms with E-state index in [1.54, 1.807) is 23.5 Å². The molecule has 0 atom stereocenters. The Bertz CT molecular complexity index is 915. The van der Waals surface area contributed by atoms with Gasteiger partial charge in [0.25, 0.3) is 5.89 Å². The minimum absolute atomic E-state index is 0.214. The Balaban J connectivity index is 1.53. The predicted octanol–water partition coefficient (Wildman–Crippen LogP) is 2.64. The number of rotatable bonds is 4. The third kappa shape index (κ3) is 2.86. The van der Waals surface area contributed by atoms with Gasteiger partial charge in [-0.25, -0.2) is 4.39 Å². The van der Waals surface area contributed by atoms with Crippen LogP contribution in [0.2, 0.25) is 0 Å². The number of halogens is 1. The maximum Gasteiger partial charge on any atom is 0.250 e. The second-order valence-electron chi connectivity index (χ2n) is 4.67. The van der Waals surface area contributed by atoms with Gasteiger partial charge in [0.05, 0.1) is 0 Å². The van der Waals surface area contributed by atoms with Crippen LogP contribution < -0.4 is 0 Å². The highest BCUT2D eigenvalue weighted by Gasteiger charge is 2.12. The molecular weight excluding hydrogens is 319 g/mol. The summed E-state index contributed by atoms with van der Waals surface area (Å²) in [5.74, 6) is 1.00. The Kier molecular flexibility index (Phi) is 3.39. The lowest BCUT2D eigenvalue weighted by Crippen LogP contribution is -2.04. The molecule has 0 radical (unpaired) electrons. The first-order chi connectivity index (χ1) is 11.3. The van der Waals surface area contributed by atoms with Crippen molar-refractivity contribution >= 4 is 11.3 Å². The van der Waals surface area contributed by atoms with Crippen LogP contribution in [0.25, 0.3) is 22.8 Å². The topological polar surface area (TPSA) is 82.5 Å². The predicted molar refractivity (Wildman–Crippen MR) is 79.9 cm³/mol. The SMILES string of the molecule is Fc1ccc(-c2nnn(Cc3nc(-c4ccsc4)no3)n2)cc1. The summed E-state index contributed by atoms with van der Waals surface area (Å²) >= 11 is 1.56. The van der Waals surface area contributed by atoms with Gasteiger partial charge in [0.15, 0.2) is 0 Å². The lowest BCUT2D eigenvalue weighted by atomic mass is 10.2. The summed E-state index contributed by atoms with van der Waals surface area (Å²) in [5.41, 5.74) is 1.59. The summed E-state index contributed by atoms with van der Waals surface area (Å²) in [7, 11) is 0. The van der Waals surface area contributed by atoms with E-state index >= 15 is 0 Å². The number of thiophene rings is 1. The third-order valence-electron chi connectivity index (χ3n) is 3.08. The Hall–Kier alpha value is -2.94. The number of benzene rings is 1. The molecule has 4 aromatic rings. The number of nitrogens with zero attached hydrogens (tertiary/aromatic N) is 6. The average Bonchev–Trinajstić information content (AvgIpc) is 3.29. The lowest BCUT2D eigenvalue weighted by molar-refractivity contribution is 0.356. The van der Waals surface area contributed by atoms with E-state index in [0.717, 1.165) is 5.56 Å². The smallest absolute Gasteiger partial charge is 0.250 e. The van der Waals surface area contributed by atoms with E-state index in [4.69, 9.17) is 4.52 Å². The number of hydrogen-bond donors (Lipinski definition) is 0. The van der Waals surface area contributed by atoms with Crippen molar-refractivity contribution in [1.29, 1.82) is 0 Å². The summed E-state index contributed by atoms with van der Waals surface area (Å²) in [6.45, 7) is 0.214. The van der Waals surface area contributed by atoms with Gasteiger partial charge in [-0.3, -0.25) is 0 Å². The van der Waals surface area contributed by atoms with Crippen molar-refractivity contribution in [2.24, 2.45) is 0 Å². The molecule has 0 bridgehead atoms. The van der Waals surface area contributed by atoms with Gasteiger partial charge in [-0.15, -0.1) is 10.2 Å². The fourth-order valence-corrected chi connectivity index (χ4v) is 2.61. The van der Waals surface area contributed by atoms with Crippen LogP contribution in [0.1, 0.15) is 5.89 Å². The van der Waals surface area contributed by atoms with E-state index in [9.17, 15) is 4.39 Å². The van der Waals surface area contributed by atoms with Gasteiger partial charge >= 0.3 is 0 Å². The first-order valence-electron chi connectivity index (χ1n) is 6.67. The van der Waals surface area contributed by atoms with Gasteiger partial charge in [-0.1, -0.05) is 5.16 Å². The van der Waals surface area contributed by atoms with E-state index < -0.39 is 0 Å². The molecule has 0 aliphatic heterocycles. The van der Waals surface area contributed by atoms with E-state index in [2.05, 4.69) is 25.6 Å². The Morgan fingerprint density at radius 3 is 2.74 bits per heavy atom. The lowest BCUT2D eigenvalue weighted by Gasteiger charge is -1.93. The van der Waals surface area contributed by atoms with Crippen molar-refractivity contribution in [2.45, 2.75) is 6.54 Å². The Morgan fingerprint density at radius 2 is 1.96 bits per heavy atom. The van der Waals surface area contributed by atoms with Crippen molar-refractivity contribution in [3.05, 3.63) is 52.8 Å². The highest BCUT2D eigenvalue weighted by molar-refractivity contribution is 7.08. The quantitative estimate of drug-likeness (QED) is 0.573. The van der Waals surface area contributed by atoms with E-state index in [-0.39, 0.29) is 12.4 Å². The number of tetrazole rings is 1. The molecular formula is C14H9FN6OS. The molecule has 7 nitrogen and oxygen atoms in total. The van der Waals surface area contributed by atoms with Gasteiger partial charge in [-0.05, 0) is 40.9 Å². The molecule has 9 heteroatoms. The minimum atomic E-state index is -0.312. The molecule has 3 heterocycles. The van der Waals surface area contributed by atoms with E-state index in [1.165, 1.54) is 16.9 Å². The average molecular weight is 328 g/mol. The summed E-state index contributed by atoms with van der Waals surface area (Å²) in [5, 5.41) is 19.9. The van der Waals surface area contributed by atoms with Gasteiger partial charge in [0, 0.05) is 16.5 Å². The minimum Gasteiger partial charge on any atom is -0.337 e. The van der Waals surface area contributed by atoms with Crippen LogP contribution in [-0.4, -0.2) is 30.3 Å². The van der Waals surface area contributed by atoms with E-state index in [1.807, 2.05) is 16.8 Å². The fourth-order valence-electron chi connectivity index (χ4n) is 1.97. The normalized spacial score (nSPS) is 11.0. The zero-order chi connectivity index (χ0) is 15.6. The molecule has 23 heavy (non-hydrogen) atoms. The molecule has 0 aliphatic carbocycles. The van der Waals surface area contributed by atoms with Crippen LogP contribution >= 0.6 is 11.3 Å². The van der Waals surface area contributed by atoms with Crippen molar-refractivity contribution in [1.82, 2.24) is 30.3 Å². The molecule has 0 unspecified atom stereocenters. The third-order valence-corrected chi connectivity index (χ3v) is 3.76. The zero-order valence-corrected chi connectivity index (χ0v) is 12.4. The van der Waals surface area contributed by atoms with Gasteiger partial charge < -0.3 is 4.52 Å². The van der Waals surface area contributed by atoms with E-state index in [0.29, 0.717) is 23.1 Å². The molecule has 0 spiro atoms. The monoisotopic (exact) mass is 328 g/mol. The molecule has 3 aromatic heterocycles. The van der Waals surface area contributed by atoms with Crippen LogP contribution in [0.5, 0.6) is 0 Å². The van der Waals surface area contributed by atoms with Crippen molar-refractivity contribution in [2.75, 3.05) is 0 Å². The fraction of sp³-hybridized carbons (Fsp3) is 0.0714. The number of aromatic nitrogens is 6. The molecule has 4 rings (SSSR count). The molecule has 0 saturated heterocycles. The van der Waals surface area contributed by atoms with Crippen LogP contribution in [0.4, 0.5) is 4.39 Å². The zero-order valence-electron chi connectivity index (χ0n) is 11.6. The summed E-state index contributed by atoms with van der Waals surface area (Å²) < 4.78 is 18.1. The molecule has 0 N–H and O–H groups in total. The van der Waals surface area contributed by atoms with Crippen molar-refractivity contribution in [3.8, 4) is 22.8 Å². The highest BCUT2D eigenvalue weighted by Crippen LogP contribution is 2.19. The standard InChI is InChI=1S/C14H9FN6OS/c15-11-3-1-9(2-4-11)14-17-20-21(18-14)7-12-16-13(19-22-12)10-5-6-23-8-10/h1-6,8H,7H2. The summed E-state index contributed by atoms with van der Waals surface area (Å²) in [4.78, 5) is 5.64. The maximum absolute atomic E-state index is 12.9. The van der Waals surface area contributed by atoms with Crippen molar-refractivity contribution in [3.63, 3.8) is 0 Å². The second kappa shape index (κ2) is 5.69. The highest BCUT2D eigenvalue weighted by atomic mass is 32.1. The molecule has 1 aromatic carbocycles. The van der Waals surface area contributed by atoms with Gasteiger partial charge in [0.2, 0.25) is 11.6 Å². The second-order valence-corrected chi connectivity index (χ2v) is 5.45. The first kappa shape index (κ1) is 13.7. The Morgan fingerprint density at radius 1 is 1.09 bits per heavy atom. The largest absolute Gasteiger partial charge is 0.337 e. The van der Waals surface area contributed by atoms with Crippen LogP contribution in [0.15, 0.2) is 45.6 Å². The molecule has 114 valence electrons. The van der Waals surface area contributed by atoms with Crippen LogP contribution in [0, 0.1) is 5.82 Å². The molecule has 0 aliphatic rings. The van der Waals surface area contributed by atoms with Gasteiger partial charge in [-0.2, -0.15) is 21.1 Å². The van der Waals surface area contributed by atoms with Gasteiger partial charge in [0.1, 0.15) is 12.4 Å². The first-order valence-corrected chi connectivity index (χ1v) is 7.61. The Labute approximate surface area is 133 Å². The molecule has 0 amide bonds.